The molecule has 2 fully saturated rings. The van der Waals surface area contributed by atoms with Gasteiger partial charge in [-0.3, -0.25) is 4.90 Å². The predicted octanol–water partition coefficient (Wildman–Crippen LogP) is 6.84. The van der Waals surface area contributed by atoms with E-state index in [1.54, 1.807) is 12.1 Å². The number of nitrogens with zero attached hydrogens (tertiary/aromatic N) is 2. The maximum absolute atomic E-state index is 12.9. The van der Waals surface area contributed by atoms with E-state index in [1.807, 2.05) is 0 Å². The second-order valence-corrected chi connectivity index (χ2v) is 9.60. The quantitative estimate of drug-likeness (QED) is 0.429. The first-order valence-corrected chi connectivity index (χ1v) is 11.6. The molecular formula is C28H29F3N2. The van der Waals surface area contributed by atoms with Crippen molar-refractivity contribution in [1.29, 1.82) is 0 Å². The topological polar surface area (TPSA) is 6.48 Å². The molecule has 2 atom stereocenters. The monoisotopic (exact) mass is 450 g/mol. The third kappa shape index (κ3) is 4.65. The molecule has 3 aromatic rings. The first-order valence-electron chi connectivity index (χ1n) is 11.6. The van der Waals surface area contributed by atoms with Crippen LogP contribution in [0.25, 0.3) is 11.1 Å². The van der Waals surface area contributed by atoms with Crippen molar-refractivity contribution in [2.75, 3.05) is 18.0 Å². The van der Waals surface area contributed by atoms with Gasteiger partial charge in [0.1, 0.15) is 0 Å². The fourth-order valence-electron chi connectivity index (χ4n) is 5.57. The summed E-state index contributed by atoms with van der Waals surface area (Å²) in [5.41, 5.74) is 6.66. The predicted molar refractivity (Wildman–Crippen MR) is 127 cm³/mol. The summed E-state index contributed by atoms with van der Waals surface area (Å²) in [7, 11) is 0. The van der Waals surface area contributed by atoms with Gasteiger partial charge < -0.3 is 4.90 Å². The Kier molecular flexibility index (Phi) is 5.69. The van der Waals surface area contributed by atoms with E-state index in [-0.39, 0.29) is 0 Å². The highest BCUT2D eigenvalue weighted by molar-refractivity contribution is 5.65. The Labute approximate surface area is 193 Å². The molecule has 172 valence electrons. The Morgan fingerprint density at radius 1 is 0.758 bits per heavy atom. The normalized spacial score (nSPS) is 20.9. The molecule has 2 saturated heterocycles. The summed E-state index contributed by atoms with van der Waals surface area (Å²) in [6.07, 6.45) is -2.11. The Hall–Kier alpha value is -2.79. The number of hydrogen-bond donors (Lipinski definition) is 0. The lowest BCUT2D eigenvalue weighted by Gasteiger charge is -2.42. The maximum Gasteiger partial charge on any atom is 0.416 e. The average Bonchev–Trinajstić information content (AvgIpc) is 3.03. The fourth-order valence-corrected chi connectivity index (χ4v) is 5.57. The van der Waals surface area contributed by atoms with E-state index in [0.29, 0.717) is 12.1 Å². The summed E-state index contributed by atoms with van der Waals surface area (Å²) in [6.45, 7) is 7.04. The molecule has 2 unspecified atom stereocenters. The van der Waals surface area contributed by atoms with Crippen LogP contribution in [0.2, 0.25) is 0 Å². The number of alkyl halides is 3. The van der Waals surface area contributed by atoms with Crippen LogP contribution >= 0.6 is 0 Å². The number of aryl methyl sites for hydroxylation is 2. The molecule has 0 amide bonds. The molecule has 2 bridgehead atoms. The van der Waals surface area contributed by atoms with Crippen molar-refractivity contribution in [3.05, 3.63) is 89.0 Å². The van der Waals surface area contributed by atoms with E-state index >= 15 is 0 Å². The van der Waals surface area contributed by atoms with Gasteiger partial charge in [-0.15, -0.1) is 0 Å². The molecule has 2 aliphatic heterocycles. The summed E-state index contributed by atoms with van der Waals surface area (Å²) in [6, 6.07) is 21.9. The Morgan fingerprint density at radius 2 is 1.33 bits per heavy atom. The van der Waals surface area contributed by atoms with Gasteiger partial charge in [0, 0.05) is 37.4 Å². The van der Waals surface area contributed by atoms with E-state index in [2.05, 4.69) is 66.1 Å². The third-order valence-electron chi connectivity index (χ3n) is 6.97. The molecule has 3 aromatic carbocycles. The lowest BCUT2D eigenvalue weighted by Crippen LogP contribution is -2.53. The zero-order valence-corrected chi connectivity index (χ0v) is 19.1. The number of piperazine rings is 1. The van der Waals surface area contributed by atoms with Crippen molar-refractivity contribution in [3.8, 4) is 11.1 Å². The Morgan fingerprint density at radius 3 is 1.88 bits per heavy atom. The van der Waals surface area contributed by atoms with Crippen LogP contribution in [0.3, 0.4) is 0 Å². The number of hydrogen-bond acceptors (Lipinski definition) is 2. The minimum absolute atomic E-state index is 0.357. The largest absolute Gasteiger partial charge is 0.416 e. The van der Waals surface area contributed by atoms with E-state index in [4.69, 9.17) is 0 Å². The zero-order valence-electron chi connectivity index (χ0n) is 19.1. The number of likely N-dealkylation sites (tertiary alicyclic amines) is 1. The van der Waals surface area contributed by atoms with Crippen molar-refractivity contribution in [3.63, 3.8) is 0 Å². The lowest BCUT2D eigenvalue weighted by atomic mass is 9.99. The third-order valence-corrected chi connectivity index (χ3v) is 6.97. The molecule has 5 rings (SSSR count). The van der Waals surface area contributed by atoms with Crippen molar-refractivity contribution in [2.24, 2.45) is 0 Å². The van der Waals surface area contributed by atoms with Crippen LogP contribution in [0.1, 0.15) is 35.1 Å². The van der Waals surface area contributed by atoms with Crippen LogP contribution in [-0.4, -0.2) is 30.1 Å². The number of rotatable bonds is 4. The molecular weight excluding hydrogens is 421 g/mol. The van der Waals surface area contributed by atoms with Gasteiger partial charge >= 0.3 is 6.18 Å². The Bertz CT molecular complexity index is 1090. The van der Waals surface area contributed by atoms with Crippen LogP contribution in [0.5, 0.6) is 0 Å². The molecule has 0 saturated carbocycles. The van der Waals surface area contributed by atoms with Gasteiger partial charge in [0.25, 0.3) is 0 Å². The number of fused-ring (bicyclic) bond motifs is 2. The SMILES string of the molecule is Cc1cc(C)cc(-c2ccc(CN3CC4CCC(C3)N4c3ccc(C(F)(F)F)cc3)cc2)c1. The van der Waals surface area contributed by atoms with Crippen LogP contribution in [0, 0.1) is 13.8 Å². The minimum Gasteiger partial charge on any atom is -0.363 e. The van der Waals surface area contributed by atoms with Gasteiger partial charge in [-0.1, -0.05) is 53.6 Å². The van der Waals surface area contributed by atoms with Gasteiger partial charge in [0.2, 0.25) is 0 Å². The molecule has 33 heavy (non-hydrogen) atoms. The van der Waals surface area contributed by atoms with Gasteiger partial charge in [0.05, 0.1) is 5.56 Å². The maximum atomic E-state index is 12.9. The van der Waals surface area contributed by atoms with Crippen molar-refractivity contribution >= 4 is 5.69 Å². The molecule has 2 aliphatic rings. The summed E-state index contributed by atoms with van der Waals surface area (Å²) in [5.74, 6) is 0. The molecule has 2 heterocycles. The summed E-state index contributed by atoms with van der Waals surface area (Å²) in [4.78, 5) is 4.84. The van der Waals surface area contributed by atoms with Gasteiger partial charge in [-0.2, -0.15) is 13.2 Å². The standard InChI is InChI=1S/C28H29F3N2/c1-19-13-20(2)15-23(14-19)22-5-3-21(4-6-22)16-32-17-26-11-12-27(18-32)33(26)25-9-7-24(8-10-25)28(29,30)31/h3-10,13-15,26-27H,11-12,16-18H2,1-2H3. The highest BCUT2D eigenvalue weighted by atomic mass is 19.4. The van der Waals surface area contributed by atoms with Gasteiger partial charge in [-0.25, -0.2) is 0 Å². The Balaban J connectivity index is 1.25. The summed E-state index contributed by atoms with van der Waals surface area (Å²) in [5, 5.41) is 0. The first kappa shape index (κ1) is 22.0. The van der Waals surface area contributed by atoms with E-state index in [0.717, 1.165) is 38.2 Å². The van der Waals surface area contributed by atoms with Crippen LogP contribution in [0.4, 0.5) is 18.9 Å². The van der Waals surface area contributed by atoms with E-state index in [1.165, 1.54) is 39.9 Å². The summed E-state index contributed by atoms with van der Waals surface area (Å²) < 4.78 is 38.8. The highest BCUT2D eigenvalue weighted by Gasteiger charge is 2.40. The van der Waals surface area contributed by atoms with Crippen molar-refractivity contribution in [1.82, 2.24) is 4.90 Å². The lowest BCUT2D eigenvalue weighted by molar-refractivity contribution is -0.137. The molecule has 0 aliphatic carbocycles. The van der Waals surface area contributed by atoms with Crippen molar-refractivity contribution < 1.29 is 13.2 Å². The summed E-state index contributed by atoms with van der Waals surface area (Å²) >= 11 is 0. The second kappa shape index (κ2) is 8.53. The average molecular weight is 451 g/mol. The molecule has 0 N–H and O–H groups in total. The molecule has 2 nitrogen and oxygen atoms in total. The van der Waals surface area contributed by atoms with E-state index < -0.39 is 11.7 Å². The van der Waals surface area contributed by atoms with Crippen LogP contribution in [0.15, 0.2) is 66.7 Å². The van der Waals surface area contributed by atoms with Crippen LogP contribution in [-0.2, 0) is 12.7 Å². The van der Waals surface area contributed by atoms with Crippen LogP contribution < -0.4 is 4.90 Å². The highest BCUT2D eigenvalue weighted by Crippen LogP contribution is 2.37. The molecule has 0 spiro atoms. The van der Waals surface area contributed by atoms with E-state index in [9.17, 15) is 13.2 Å². The minimum atomic E-state index is -4.29. The zero-order chi connectivity index (χ0) is 23.2. The second-order valence-electron chi connectivity index (χ2n) is 9.60. The number of anilines is 1. The molecule has 0 aromatic heterocycles. The molecule has 5 heteroatoms. The molecule has 0 radical (unpaired) electrons. The number of halogens is 3. The number of benzene rings is 3. The fraction of sp³-hybridized carbons (Fsp3) is 0.357. The van der Waals surface area contributed by atoms with Crippen molar-refractivity contribution in [2.45, 2.75) is 51.5 Å². The van der Waals surface area contributed by atoms with Gasteiger partial charge in [-0.05, 0) is 67.6 Å². The van der Waals surface area contributed by atoms with Gasteiger partial charge in [0.15, 0.2) is 0 Å². The first-order chi connectivity index (χ1) is 15.8. The smallest absolute Gasteiger partial charge is 0.363 e.